The van der Waals surface area contributed by atoms with Crippen molar-refractivity contribution in [1.29, 1.82) is 0 Å². The van der Waals surface area contributed by atoms with E-state index in [4.69, 9.17) is 4.98 Å². The molecule has 1 aromatic carbocycles. The van der Waals surface area contributed by atoms with Gasteiger partial charge in [-0.1, -0.05) is 13.8 Å². The molecular formula is C24H34N4O2. The Hall–Kier alpha value is -2.63. The number of amides is 2. The van der Waals surface area contributed by atoms with Crippen molar-refractivity contribution in [1.82, 2.24) is 10.3 Å². The smallest absolute Gasteiger partial charge is 0.224 e. The SMILES string of the molecule is Cc1cc(N2C[C@H](C)C[C@@H](C)C2)nc2ccc(NC(=O)CCC(=O)NC(C)C)cc12. The molecule has 2 aromatic rings. The summed E-state index contributed by atoms with van der Waals surface area (Å²) in [6, 6.07) is 8.04. The van der Waals surface area contributed by atoms with Crippen molar-refractivity contribution < 1.29 is 9.59 Å². The normalized spacial score (nSPS) is 19.2. The fraction of sp³-hybridized carbons (Fsp3) is 0.542. The predicted molar refractivity (Wildman–Crippen MR) is 123 cm³/mol. The molecule has 2 N–H and O–H groups in total. The van der Waals surface area contributed by atoms with Crippen LogP contribution in [0, 0.1) is 18.8 Å². The Morgan fingerprint density at radius 1 is 1.10 bits per heavy atom. The van der Waals surface area contributed by atoms with Crippen LogP contribution in [0.25, 0.3) is 10.9 Å². The van der Waals surface area contributed by atoms with E-state index in [2.05, 4.69) is 42.4 Å². The molecule has 1 aliphatic rings. The second kappa shape index (κ2) is 9.45. The standard InChI is InChI=1S/C24H34N4O2/c1-15(2)25-23(29)8-9-24(30)26-19-6-7-21-20(12-19)18(5)11-22(27-21)28-13-16(3)10-17(4)14-28/h6-7,11-12,15-17H,8-10,13-14H2,1-5H3,(H,25,29)(H,26,30)/t16-,17-/m1/s1. The second-order valence-corrected chi connectivity index (χ2v) is 9.15. The molecule has 1 saturated heterocycles. The Morgan fingerprint density at radius 3 is 2.43 bits per heavy atom. The highest BCUT2D eigenvalue weighted by molar-refractivity contribution is 5.96. The number of anilines is 2. The number of rotatable bonds is 6. The number of carbonyl (C=O) groups is 2. The van der Waals surface area contributed by atoms with Gasteiger partial charge in [0, 0.05) is 43.0 Å². The maximum absolute atomic E-state index is 12.2. The maximum Gasteiger partial charge on any atom is 0.224 e. The van der Waals surface area contributed by atoms with Crippen LogP contribution in [-0.2, 0) is 9.59 Å². The van der Waals surface area contributed by atoms with E-state index in [0.29, 0.717) is 11.8 Å². The molecule has 2 atom stereocenters. The van der Waals surface area contributed by atoms with Crippen molar-refractivity contribution >= 4 is 34.2 Å². The molecule has 0 unspecified atom stereocenters. The fourth-order valence-corrected chi connectivity index (χ4v) is 4.31. The van der Waals surface area contributed by atoms with Gasteiger partial charge < -0.3 is 15.5 Å². The van der Waals surface area contributed by atoms with Crippen LogP contribution < -0.4 is 15.5 Å². The molecule has 2 heterocycles. The van der Waals surface area contributed by atoms with Crippen LogP contribution in [0.4, 0.5) is 11.5 Å². The Labute approximate surface area is 179 Å². The Balaban J connectivity index is 1.70. The van der Waals surface area contributed by atoms with E-state index >= 15 is 0 Å². The Bertz CT molecular complexity index is 915. The third kappa shape index (κ3) is 5.71. The Kier molecular flexibility index (Phi) is 6.95. The predicted octanol–water partition coefficient (Wildman–Crippen LogP) is 4.27. The minimum Gasteiger partial charge on any atom is -0.356 e. The maximum atomic E-state index is 12.2. The zero-order valence-electron chi connectivity index (χ0n) is 18.8. The molecule has 0 saturated carbocycles. The molecular weight excluding hydrogens is 376 g/mol. The van der Waals surface area contributed by atoms with Crippen LogP contribution in [0.2, 0.25) is 0 Å². The van der Waals surface area contributed by atoms with Gasteiger partial charge in [-0.05, 0) is 68.9 Å². The number of aryl methyl sites for hydroxylation is 1. The van der Waals surface area contributed by atoms with Gasteiger partial charge in [0.25, 0.3) is 0 Å². The number of piperidine rings is 1. The summed E-state index contributed by atoms with van der Waals surface area (Å²) in [7, 11) is 0. The molecule has 0 aliphatic carbocycles. The number of hydrogen-bond donors (Lipinski definition) is 2. The minimum atomic E-state index is -0.160. The van der Waals surface area contributed by atoms with E-state index in [9.17, 15) is 9.59 Å². The number of nitrogens with one attached hydrogen (secondary N) is 2. The molecule has 1 aliphatic heterocycles. The summed E-state index contributed by atoms with van der Waals surface area (Å²) < 4.78 is 0. The highest BCUT2D eigenvalue weighted by Crippen LogP contribution is 2.29. The molecule has 30 heavy (non-hydrogen) atoms. The number of benzene rings is 1. The third-order valence-corrected chi connectivity index (χ3v) is 5.51. The van der Waals surface area contributed by atoms with Crippen molar-refractivity contribution in [2.45, 2.75) is 59.9 Å². The fourth-order valence-electron chi connectivity index (χ4n) is 4.31. The number of fused-ring (bicyclic) bond motifs is 1. The van der Waals surface area contributed by atoms with E-state index < -0.39 is 0 Å². The van der Waals surface area contributed by atoms with Crippen LogP contribution in [0.15, 0.2) is 24.3 Å². The monoisotopic (exact) mass is 410 g/mol. The van der Waals surface area contributed by atoms with E-state index in [1.165, 1.54) is 6.42 Å². The van der Waals surface area contributed by atoms with Gasteiger partial charge in [0.1, 0.15) is 5.82 Å². The lowest BCUT2D eigenvalue weighted by Crippen LogP contribution is -2.39. The summed E-state index contributed by atoms with van der Waals surface area (Å²) in [6.45, 7) is 12.6. The van der Waals surface area contributed by atoms with Crippen molar-refractivity contribution in [2.75, 3.05) is 23.3 Å². The van der Waals surface area contributed by atoms with E-state index in [-0.39, 0.29) is 30.7 Å². The zero-order chi connectivity index (χ0) is 21.8. The van der Waals surface area contributed by atoms with Gasteiger partial charge in [-0.2, -0.15) is 0 Å². The third-order valence-electron chi connectivity index (χ3n) is 5.51. The molecule has 162 valence electrons. The molecule has 1 aromatic heterocycles. The first-order valence-electron chi connectivity index (χ1n) is 11.0. The van der Waals surface area contributed by atoms with Crippen molar-refractivity contribution in [3.05, 3.63) is 29.8 Å². The number of nitrogens with zero attached hydrogens (tertiary/aromatic N) is 2. The molecule has 6 nitrogen and oxygen atoms in total. The molecule has 3 rings (SSSR count). The zero-order valence-corrected chi connectivity index (χ0v) is 18.8. The first-order chi connectivity index (χ1) is 14.2. The van der Waals surface area contributed by atoms with Gasteiger partial charge in [0.15, 0.2) is 0 Å². The molecule has 0 radical (unpaired) electrons. The summed E-state index contributed by atoms with van der Waals surface area (Å²) in [5.41, 5.74) is 2.81. The average Bonchev–Trinajstić information content (AvgIpc) is 2.65. The van der Waals surface area contributed by atoms with Gasteiger partial charge in [-0.25, -0.2) is 4.98 Å². The molecule has 0 spiro atoms. The molecule has 2 amide bonds. The lowest BCUT2D eigenvalue weighted by atomic mass is 9.92. The lowest BCUT2D eigenvalue weighted by molar-refractivity contribution is -0.124. The summed E-state index contributed by atoms with van der Waals surface area (Å²) in [6.07, 6.45) is 1.62. The van der Waals surface area contributed by atoms with Gasteiger partial charge in [0.2, 0.25) is 11.8 Å². The minimum absolute atomic E-state index is 0.0813. The quantitative estimate of drug-likeness (QED) is 0.746. The molecule has 1 fully saturated rings. The topological polar surface area (TPSA) is 74.3 Å². The highest BCUT2D eigenvalue weighted by atomic mass is 16.2. The van der Waals surface area contributed by atoms with Gasteiger partial charge >= 0.3 is 0 Å². The van der Waals surface area contributed by atoms with Crippen LogP contribution in [0.3, 0.4) is 0 Å². The van der Waals surface area contributed by atoms with E-state index in [0.717, 1.165) is 41.1 Å². The number of carbonyl (C=O) groups excluding carboxylic acids is 2. The Morgan fingerprint density at radius 2 is 1.77 bits per heavy atom. The van der Waals surface area contributed by atoms with Crippen LogP contribution in [0.5, 0.6) is 0 Å². The summed E-state index contributed by atoms with van der Waals surface area (Å²) >= 11 is 0. The van der Waals surface area contributed by atoms with Crippen molar-refractivity contribution in [3.63, 3.8) is 0 Å². The number of hydrogen-bond acceptors (Lipinski definition) is 4. The highest BCUT2D eigenvalue weighted by Gasteiger charge is 2.23. The van der Waals surface area contributed by atoms with Crippen LogP contribution in [-0.4, -0.2) is 35.9 Å². The summed E-state index contributed by atoms with van der Waals surface area (Å²) in [5, 5.41) is 6.74. The molecule has 0 bridgehead atoms. The van der Waals surface area contributed by atoms with Gasteiger partial charge in [-0.15, -0.1) is 0 Å². The lowest BCUT2D eigenvalue weighted by Gasteiger charge is -2.36. The second-order valence-electron chi connectivity index (χ2n) is 9.15. The summed E-state index contributed by atoms with van der Waals surface area (Å²) in [5.74, 6) is 2.12. The first-order valence-corrected chi connectivity index (χ1v) is 11.0. The number of pyridine rings is 1. The van der Waals surface area contributed by atoms with Crippen molar-refractivity contribution in [3.8, 4) is 0 Å². The van der Waals surface area contributed by atoms with Gasteiger partial charge in [0.05, 0.1) is 5.52 Å². The summed E-state index contributed by atoms with van der Waals surface area (Å²) in [4.78, 5) is 31.3. The van der Waals surface area contributed by atoms with Gasteiger partial charge in [-0.3, -0.25) is 9.59 Å². The van der Waals surface area contributed by atoms with Crippen LogP contribution in [0.1, 0.15) is 52.5 Å². The average molecular weight is 411 g/mol. The number of aromatic nitrogens is 1. The van der Waals surface area contributed by atoms with E-state index in [1.807, 2.05) is 32.0 Å². The first kappa shape index (κ1) is 22.1. The molecule has 6 heteroatoms. The largest absolute Gasteiger partial charge is 0.356 e. The van der Waals surface area contributed by atoms with E-state index in [1.54, 1.807) is 0 Å². The van der Waals surface area contributed by atoms with Crippen molar-refractivity contribution in [2.24, 2.45) is 11.8 Å². The van der Waals surface area contributed by atoms with Crippen LogP contribution >= 0.6 is 0 Å².